The lowest BCUT2D eigenvalue weighted by Crippen LogP contribution is -2.45. The van der Waals surface area contributed by atoms with Crippen LogP contribution in [0.15, 0.2) is 59.6 Å². The number of carbonyl (C=O) groups excluding carboxylic acids is 1. The van der Waals surface area contributed by atoms with Gasteiger partial charge in [-0.3, -0.25) is 9.79 Å². The van der Waals surface area contributed by atoms with E-state index in [4.69, 9.17) is 4.74 Å². The van der Waals surface area contributed by atoms with Gasteiger partial charge in [0, 0.05) is 13.6 Å². The third kappa shape index (κ3) is 9.03. The molecule has 0 bridgehead atoms. The third-order valence-corrected chi connectivity index (χ3v) is 3.68. The summed E-state index contributed by atoms with van der Waals surface area (Å²) in [6, 6.07) is 15.6. The number of hydrogen-bond donors (Lipinski definition) is 3. The molecule has 0 saturated carbocycles. The van der Waals surface area contributed by atoms with Gasteiger partial charge >= 0.3 is 0 Å². The Bertz CT molecular complexity index is 742. The van der Waals surface area contributed by atoms with E-state index < -0.39 is 0 Å². The Balaban J connectivity index is 0.00000392. The van der Waals surface area contributed by atoms with E-state index in [1.54, 1.807) is 19.2 Å². The zero-order chi connectivity index (χ0) is 19.5. The van der Waals surface area contributed by atoms with Crippen molar-refractivity contribution in [2.75, 3.05) is 20.1 Å². The first kappa shape index (κ1) is 23.7. The summed E-state index contributed by atoms with van der Waals surface area (Å²) < 4.78 is 18.6. The summed E-state index contributed by atoms with van der Waals surface area (Å²) in [7, 11) is 1.63. The van der Waals surface area contributed by atoms with Crippen molar-refractivity contribution in [1.29, 1.82) is 0 Å². The molecule has 0 saturated heterocycles. The average molecular weight is 500 g/mol. The number of nitrogens with zero attached hydrogens (tertiary/aromatic N) is 1. The first-order valence-electron chi connectivity index (χ1n) is 8.74. The number of halogens is 2. The molecule has 0 radical (unpaired) electrons. The van der Waals surface area contributed by atoms with Crippen LogP contribution in [0.25, 0.3) is 0 Å². The standard InChI is InChI=1S/C20H25FN4O2.HI/c1-15(27-18-10-8-17(21)9-11-18)12-24-20(22-2)25-14-19(26)23-13-16-6-4-3-5-7-16;/h3-11,15H,12-14H2,1-2H3,(H,23,26)(H2,22,24,25);1H. The normalized spacial score (nSPS) is 11.8. The minimum Gasteiger partial charge on any atom is -0.489 e. The first-order valence-corrected chi connectivity index (χ1v) is 8.74. The summed E-state index contributed by atoms with van der Waals surface area (Å²) in [5.41, 5.74) is 1.04. The highest BCUT2D eigenvalue weighted by molar-refractivity contribution is 14.0. The molecule has 0 heterocycles. The number of nitrogens with one attached hydrogen (secondary N) is 3. The SMILES string of the molecule is CN=C(NCC(=O)NCc1ccccc1)NCC(C)Oc1ccc(F)cc1.I. The highest BCUT2D eigenvalue weighted by Gasteiger charge is 2.07. The van der Waals surface area contributed by atoms with Gasteiger partial charge in [0.05, 0.1) is 13.1 Å². The van der Waals surface area contributed by atoms with Crippen LogP contribution < -0.4 is 20.7 Å². The summed E-state index contributed by atoms with van der Waals surface area (Å²) in [5.74, 6) is 0.661. The molecule has 152 valence electrons. The fourth-order valence-corrected chi connectivity index (χ4v) is 2.27. The molecule has 0 aliphatic heterocycles. The van der Waals surface area contributed by atoms with Crippen molar-refractivity contribution in [2.45, 2.75) is 19.6 Å². The quantitative estimate of drug-likeness (QED) is 0.296. The van der Waals surface area contributed by atoms with Gasteiger partial charge in [0.2, 0.25) is 5.91 Å². The highest BCUT2D eigenvalue weighted by atomic mass is 127. The first-order chi connectivity index (χ1) is 13.1. The second-order valence-electron chi connectivity index (χ2n) is 5.95. The minimum absolute atomic E-state index is 0. The van der Waals surface area contributed by atoms with Gasteiger partial charge in [-0.05, 0) is 36.8 Å². The smallest absolute Gasteiger partial charge is 0.239 e. The Hall–Kier alpha value is -2.36. The van der Waals surface area contributed by atoms with E-state index >= 15 is 0 Å². The van der Waals surface area contributed by atoms with E-state index in [2.05, 4.69) is 20.9 Å². The molecule has 0 aromatic heterocycles. The lowest BCUT2D eigenvalue weighted by Gasteiger charge is -2.17. The van der Waals surface area contributed by atoms with Gasteiger partial charge in [-0.1, -0.05) is 30.3 Å². The van der Waals surface area contributed by atoms with Crippen LogP contribution in [0, 0.1) is 5.82 Å². The molecule has 0 spiro atoms. The highest BCUT2D eigenvalue weighted by Crippen LogP contribution is 2.12. The largest absolute Gasteiger partial charge is 0.489 e. The van der Waals surface area contributed by atoms with E-state index in [1.165, 1.54) is 12.1 Å². The van der Waals surface area contributed by atoms with Crippen molar-refractivity contribution >= 4 is 35.8 Å². The fourth-order valence-electron chi connectivity index (χ4n) is 2.27. The molecule has 1 amide bonds. The summed E-state index contributed by atoms with van der Waals surface area (Å²) in [6.45, 7) is 2.95. The predicted molar refractivity (Wildman–Crippen MR) is 120 cm³/mol. The molecule has 0 fully saturated rings. The zero-order valence-corrected chi connectivity index (χ0v) is 18.3. The number of carbonyl (C=O) groups is 1. The van der Waals surface area contributed by atoms with Crippen molar-refractivity contribution in [3.05, 3.63) is 66.0 Å². The van der Waals surface area contributed by atoms with Crippen LogP contribution in [0.1, 0.15) is 12.5 Å². The fraction of sp³-hybridized carbons (Fsp3) is 0.300. The second kappa shape index (κ2) is 12.9. The molecule has 28 heavy (non-hydrogen) atoms. The molecule has 2 aromatic carbocycles. The second-order valence-corrected chi connectivity index (χ2v) is 5.95. The van der Waals surface area contributed by atoms with Crippen LogP contribution in [-0.2, 0) is 11.3 Å². The monoisotopic (exact) mass is 500 g/mol. The van der Waals surface area contributed by atoms with Crippen molar-refractivity contribution in [2.24, 2.45) is 4.99 Å². The van der Waals surface area contributed by atoms with Crippen molar-refractivity contribution in [3.8, 4) is 5.75 Å². The minimum atomic E-state index is -0.303. The van der Waals surface area contributed by atoms with Crippen LogP contribution in [0.5, 0.6) is 5.75 Å². The molecule has 8 heteroatoms. The third-order valence-electron chi connectivity index (χ3n) is 3.68. The number of aliphatic imine (C=N–C) groups is 1. The van der Waals surface area contributed by atoms with Gasteiger partial charge < -0.3 is 20.7 Å². The van der Waals surface area contributed by atoms with Gasteiger partial charge in [-0.2, -0.15) is 0 Å². The molecular weight excluding hydrogens is 474 g/mol. The number of benzene rings is 2. The Labute approximate surface area is 182 Å². The summed E-state index contributed by atoms with van der Waals surface area (Å²) >= 11 is 0. The number of guanidine groups is 1. The molecule has 2 rings (SSSR count). The van der Waals surface area contributed by atoms with E-state index in [-0.39, 0.29) is 48.3 Å². The van der Waals surface area contributed by atoms with Crippen LogP contribution in [0.3, 0.4) is 0 Å². The van der Waals surface area contributed by atoms with E-state index in [9.17, 15) is 9.18 Å². The van der Waals surface area contributed by atoms with E-state index in [0.717, 1.165) is 5.56 Å². The Morgan fingerprint density at radius 1 is 1.07 bits per heavy atom. The molecule has 3 N–H and O–H groups in total. The van der Waals surface area contributed by atoms with Crippen LogP contribution in [0.2, 0.25) is 0 Å². The number of ether oxygens (including phenoxy) is 1. The molecule has 0 aliphatic carbocycles. The van der Waals surface area contributed by atoms with Crippen molar-refractivity contribution < 1.29 is 13.9 Å². The molecule has 0 aliphatic rings. The van der Waals surface area contributed by atoms with Gasteiger partial charge in [0.15, 0.2) is 5.96 Å². The van der Waals surface area contributed by atoms with Crippen molar-refractivity contribution in [3.63, 3.8) is 0 Å². The molecule has 2 aromatic rings. The van der Waals surface area contributed by atoms with Gasteiger partial charge in [-0.15, -0.1) is 24.0 Å². The maximum absolute atomic E-state index is 12.9. The number of amides is 1. The maximum atomic E-state index is 12.9. The Morgan fingerprint density at radius 2 is 1.75 bits per heavy atom. The lowest BCUT2D eigenvalue weighted by atomic mass is 10.2. The molecule has 1 unspecified atom stereocenters. The van der Waals surface area contributed by atoms with Crippen LogP contribution in [0.4, 0.5) is 4.39 Å². The lowest BCUT2D eigenvalue weighted by molar-refractivity contribution is -0.120. The number of hydrogen-bond acceptors (Lipinski definition) is 3. The molecule has 6 nitrogen and oxygen atoms in total. The van der Waals surface area contributed by atoms with Gasteiger partial charge in [-0.25, -0.2) is 4.39 Å². The van der Waals surface area contributed by atoms with Crippen LogP contribution in [-0.4, -0.2) is 38.1 Å². The summed E-state index contributed by atoms with van der Waals surface area (Å²) in [6.07, 6.45) is -0.166. The Kier molecular flexibility index (Phi) is 10.9. The molecular formula is C20H26FIN4O2. The summed E-state index contributed by atoms with van der Waals surface area (Å²) in [4.78, 5) is 16.0. The predicted octanol–water partition coefficient (Wildman–Crippen LogP) is 2.69. The average Bonchev–Trinajstić information content (AvgIpc) is 2.69. The van der Waals surface area contributed by atoms with Gasteiger partial charge in [0.25, 0.3) is 0 Å². The van der Waals surface area contributed by atoms with Gasteiger partial charge in [0.1, 0.15) is 17.7 Å². The van der Waals surface area contributed by atoms with E-state index in [0.29, 0.717) is 24.8 Å². The maximum Gasteiger partial charge on any atom is 0.239 e. The Morgan fingerprint density at radius 3 is 2.39 bits per heavy atom. The summed E-state index contributed by atoms with van der Waals surface area (Å²) in [5, 5.41) is 8.88. The topological polar surface area (TPSA) is 74.8 Å². The van der Waals surface area contributed by atoms with Crippen molar-refractivity contribution in [1.82, 2.24) is 16.0 Å². The number of rotatable bonds is 8. The van der Waals surface area contributed by atoms with Crippen LogP contribution >= 0.6 is 24.0 Å². The molecule has 1 atom stereocenters. The van der Waals surface area contributed by atoms with E-state index in [1.807, 2.05) is 37.3 Å². The zero-order valence-electron chi connectivity index (χ0n) is 15.9.